The maximum absolute atomic E-state index is 12.3. The summed E-state index contributed by atoms with van der Waals surface area (Å²) in [6.45, 7) is 6.69. The Labute approximate surface area is 238 Å². The van der Waals surface area contributed by atoms with Crippen LogP contribution in [-0.4, -0.2) is 59.5 Å². The Hall–Kier alpha value is -4.18. The zero-order valence-electron chi connectivity index (χ0n) is 23.8. The summed E-state index contributed by atoms with van der Waals surface area (Å²) >= 11 is 0. The number of fused-ring (bicyclic) bond motifs is 1. The second kappa shape index (κ2) is 13.0. The number of para-hydroxylation sites is 1. The first kappa shape index (κ1) is 29.8. The first-order valence-electron chi connectivity index (χ1n) is 13.5. The molecule has 0 spiro atoms. The van der Waals surface area contributed by atoms with Crippen molar-refractivity contribution in [2.75, 3.05) is 6.61 Å². The van der Waals surface area contributed by atoms with Gasteiger partial charge in [0.15, 0.2) is 24.5 Å². The second-order valence-electron chi connectivity index (χ2n) is 10.0. The van der Waals surface area contributed by atoms with Gasteiger partial charge >= 0.3 is 23.9 Å². The van der Waals surface area contributed by atoms with Crippen molar-refractivity contribution in [3.05, 3.63) is 71.4 Å². The molecule has 0 aliphatic carbocycles. The molecule has 0 amide bonds. The molecule has 0 N–H and O–H groups in total. The molecule has 10 heteroatoms. The number of benzene rings is 2. The van der Waals surface area contributed by atoms with E-state index in [1.165, 1.54) is 33.3 Å². The van der Waals surface area contributed by atoms with Gasteiger partial charge in [-0.05, 0) is 35.6 Å². The number of hydrogen-bond donors (Lipinski definition) is 0. The van der Waals surface area contributed by atoms with Crippen LogP contribution in [0.15, 0.2) is 54.7 Å². The zero-order valence-corrected chi connectivity index (χ0v) is 23.8. The normalized spacial score (nSPS) is 22.1. The van der Waals surface area contributed by atoms with Gasteiger partial charge in [-0.25, -0.2) is 0 Å². The van der Waals surface area contributed by atoms with Crippen molar-refractivity contribution >= 4 is 34.8 Å². The molecule has 5 atom stereocenters. The fraction of sp³-hybridized carbons (Fsp3) is 0.419. The van der Waals surface area contributed by atoms with Gasteiger partial charge in [0, 0.05) is 39.3 Å². The van der Waals surface area contributed by atoms with E-state index in [0.717, 1.165) is 28.5 Å². The van der Waals surface area contributed by atoms with Crippen LogP contribution in [0.25, 0.3) is 10.9 Å². The van der Waals surface area contributed by atoms with Crippen LogP contribution in [0, 0.1) is 0 Å². The Balaban J connectivity index is 1.82. The first-order valence-corrected chi connectivity index (χ1v) is 13.5. The van der Waals surface area contributed by atoms with Gasteiger partial charge < -0.3 is 28.3 Å². The standard InChI is InChI=1S/C31H35NO9/c1-6-22-11-13-23(14-12-22)15-24-16-32(26-10-8-7-9-25(24)26)31-30(40-21(5)36)29(39-20(4)35)28(38-19(3)34)27(41-31)17-37-18(2)33/h7-14,16,27-31H,6,15,17H2,1-5H3/t27-,28-,29+,30-,31?/m1/s1. The van der Waals surface area contributed by atoms with Gasteiger partial charge in [-0.2, -0.15) is 0 Å². The van der Waals surface area contributed by atoms with E-state index in [9.17, 15) is 19.2 Å². The monoisotopic (exact) mass is 565 g/mol. The van der Waals surface area contributed by atoms with Crippen molar-refractivity contribution in [2.24, 2.45) is 0 Å². The lowest BCUT2D eigenvalue weighted by Gasteiger charge is -2.44. The summed E-state index contributed by atoms with van der Waals surface area (Å²) in [6, 6.07) is 16.1. The van der Waals surface area contributed by atoms with Crippen LogP contribution in [0.5, 0.6) is 0 Å². The van der Waals surface area contributed by atoms with Crippen molar-refractivity contribution < 1.29 is 42.9 Å². The highest BCUT2D eigenvalue weighted by Crippen LogP contribution is 2.38. The van der Waals surface area contributed by atoms with Crippen LogP contribution in [0.1, 0.15) is 57.5 Å². The number of nitrogens with zero attached hydrogens (tertiary/aromatic N) is 1. The molecule has 1 aromatic heterocycles. The van der Waals surface area contributed by atoms with E-state index >= 15 is 0 Å². The largest absolute Gasteiger partial charge is 0.463 e. The van der Waals surface area contributed by atoms with Gasteiger partial charge in [0.25, 0.3) is 0 Å². The Morgan fingerprint density at radius 2 is 1.34 bits per heavy atom. The molecule has 1 saturated heterocycles. The maximum Gasteiger partial charge on any atom is 0.303 e. The van der Waals surface area contributed by atoms with Crippen LogP contribution >= 0.6 is 0 Å². The van der Waals surface area contributed by atoms with E-state index < -0.39 is 54.5 Å². The molecule has 10 nitrogen and oxygen atoms in total. The quantitative estimate of drug-likeness (QED) is 0.280. The van der Waals surface area contributed by atoms with Crippen LogP contribution in [0.2, 0.25) is 0 Å². The van der Waals surface area contributed by atoms with E-state index in [1.54, 1.807) is 0 Å². The number of aryl methyl sites for hydroxylation is 1. The first-order chi connectivity index (χ1) is 19.6. The van der Waals surface area contributed by atoms with E-state index in [1.807, 2.05) is 35.0 Å². The molecule has 3 aromatic rings. The minimum absolute atomic E-state index is 0.288. The summed E-state index contributed by atoms with van der Waals surface area (Å²) in [4.78, 5) is 48.3. The molecule has 1 unspecified atom stereocenters. The van der Waals surface area contributed by atoms with Gasteiger partial charge in [0.05, 0.1) is 5.52 Å². The number of rotatable bonds is 9. The number of esters is 4. The van der Waals surface area contributed by atoms with Gasteiger partial charge in [-0.15, -0.1) is 0 Å². The Morgan fingerprint density at radius 3 is 1.95 bits per heavy atom. The van der Waals surface area contributed by atoms with Gasteiger partial charge in [-0.1, -0.05) is 49.4 Å². The molecule has 41 heavy (non-hydrogen) atoms. The third-order valence-corrected chi connectivity index (χ3v) is 6.89. The molecule has 1 aliphatic heterocycles. The lowest BCUT2D eigenvalue weighted by Crippen LogP contribution is -2.60. The molecule has 2 aromatic carbocycles. The summed E-state index contributed by atoms with van der Waals surface area (Å²) in [7, 11) is 0. The molecule has 0 radical (unpaired) electrons. The van der Waals surface area contributed by atoms with E-state index in [0.29, 0.717) is 6.42 Å². The topological polar surface area (TPSA) is 119 Å². The highest BCUT2D eigenvalue weighted by molar-refractivity contribution is 5.84. The minimum atomic E-state index is -1.24. The number of carbonyl (C=O) groups is 4. The van der Waals surface area contributed by atoms with Crippen LogP contribution in [0.3, 0.4) is 0 Å². The summed E-state index contributed by atoms with van der Waals surface area (Å²) in [5.41, 5.74) is 4.15. The molecule has 0 saturated carbocycles. The molecular formula is C31H35NO9. The van der Waals surface area contributed by atoms with Crippen LogP contribution in [-0.2, 0) is 55.7 Å². The second-order valence-corrected chi connectivity index (χ2v) is 10.0. The molecule has 1 fully saturated rings. The number of ether oxygens (including phenoxy) is 5. The highest BCUT2D eigenvalue weighted by Gasteiger charge is 2.53. The molecule has 218 valence electrons. The molecular weight excluding hydrogens is 530 g/mol. The van der Waals surface area contributed by atoms with E-state index in [4.69, 9.17) is 23.7 Å². The minimum Gasteiger partial charge on any atom is -0.463 e. The summed E-state index contributed by atoms with van der Waals surface area (Å²) in [5.74, 6) is -2.56. The average molecular weight is 566 g/mol. The van der Waals surface area contributed by atoms with Crippen LogP contribution < -0.4 is 0 Å². The van der Waals surface area contributed by atoms with Gasteiger partial charge in [-0.3, -0.25) is 19.2 Å². The van der Waals surface area contributed by atoms with Gasteiger partial charge in [0.2, 0.25) is 0 Å². The Kier molecular flexibility index (Phi) is 9.44. The van der Waals surface area contributed by atoms with Crippen LogP contribution in [0.4, 0.5) is 0 Å². The summed E-state index contributed by atoms with van der Waals surface area (Å²) in [5, 5.41) is 0.958. The molecule has 2 heterocycles. The SMILES string of the molecule is CCc1ccc(Cc2cn(C3O[C@H](COC(C)=O)[C@@H](OC(C)=O)[C@H](OC(C)=O)[C@H]3OC(C)=O)c3ccccc23)cc1. The zero-order chi connectivity index (χ0) is 29.7. The Morgan fingerprint density at radius 1 is 0.756 bits per heavy atom. The third-order valence-electron chi connectivity index (χ3n) is 6.89. The lowest BCUT2D eigenvalue weighted by atomic mass is 9.97. The fourth-order valence-electron chi connectivity index (χ4n) is 5.17. The number of aromatic nitrogens is 1. The molecule has 4 rings (SSSR count). The predicted octanol–water partition coefficient (Wildman–Crippen LogP) is 4.05. The summed E-state index contributed by atoms with van der Waals surface area (Å²) < 4.78 is 30.3. The maximum atomic E-state index is 12.3. The number of hydrogen-bond acceptors (Lipinski definition) is 9. The Bertz CT molecular complexity index is 1410. The highest BCUT2D eigenvalue weighted by atomic mass is 16.7. The summed E-state index contributed by atoms with van der Waals surface area (Å²) in [6.07, 6.45) is -2.21. The third kappa shape index (κ3) is 7.13. The van der Waals surface area contributed by atoms with Crippen molar-refractivity contribution in [1.29, 1.82) is 0 Å². The lowest BCUT2D eigenvalue weighted by molar-refractivity contribution is -0.267. The van der Waals surface area contributed by atoms with Crippen molar-refractivity contribution in [3.63, 3.8) is 0 Å². The molecule has 1 aliphatic rings. The van der Waals surface area contributed by atoms with Gasteiger partial charge in [0.1, 0.15) is 12.7 Å². The predicted molar refractivity (Wildman–Crippen MR) is 148 cm³/mol. The fourth-order valence-corrected chi connectivity index (χ4v) is 5.17. The average Bonchev–Trinajstić information content (AvgIpc) is 3.27. The smallest absolute Gasteiger partial charge is 0.303 e. The van der Waals surface area contributed by atoms with E-state index in [-0.39, 0.29) is 6.61 Å². The van der Waals surface area contributed by atoms with Crippen molar-refractivity contribution in [3.8, 4) is 0 Å². The van der Waals surface area contributed by atoms with Crippen molar-refractivity contribution in [2.45, 2.75) is 78.1 Å². The molecule has 0 bridgehead atoms. The van der Waals surface area contributed by atoms with E-state index in [2.05, 4.69) is 31.2 Å². The number of carbonyl (C=O) groups excluding carboxylic acids is 4. The van der Waals surface area contributed by atoms with Crippen molar-refractivity contribution in [1.82, 2.24) is 4.57 Å².